The van der Waals surface area contributed by atoms with Crippen LogP contribution in [0, 0.1) is 10.1 Å². The van der Waals surface area contributed by atoms with Gasteiger partial charge in [-0.05, 0) is 43.5 Å². The molecule has 0 N–H and O–H groups in total. The molecule has 2 aromatic carbocycles. The van der Waals surface area contributed by atoms with Crippen LogP contribution in [0.3, 0.4) is 0 Å². The summed E-state index contributed by atoms with van der Waals surface area (Å²) in [5.41, 5.74) is 0.960. The van der Waals surface area contributed by atoms with Crippen LogP contribution in [0.25, 0.3) is 10.2 Å². The number of hydrogen-bond acceptors (Lipinski definition) is 8. The number of rotatable bonds is 5. The van der Waals surface area contributed by atoms with Crippen molar-refractivity contribution in [3.8, 4) is 11.5 Å². The van der Waals surface area contributed by atoms with Gasteiger partial charge in [-0.1, -0.05) is 11.3 Å². The summed E-state index contributed by atoms with van der Waals surface area (Å²) < 4.78 is 11.6. The monoisotopic (exact) mass is 413 g/mol. The van der Waals surface area contributed by atoms with Crippen LogP contribution in [0.15, 0.2) is 36.4 Å². The highest BCUT2D eigenvalue weighted by molar-refractivity contribution is 7.22. The van der Waals surface area contributed by atoms with Gasteiger partial charge in [0.2, 0.25) is 0 Å². The number of piperidine rings is 1. The molecule has 29 heavy (non-hydrogen) atoms. The standard InChI is InChI=1S/C20H19N3O5S/c1-27-16-10-9-15(19(24)28-14-7-5-13(6-8-14)23(25)26)18-17(16)21-20(29-18)22-11-3-2-4-12-22/h5-10H,2-4,11-12H2,1H3. The number of nitro benzene ring substituents is 1. The summed E-state index contributed by atoms with van der Waals surface area (Å²) in [6.07, 6.45) is 3.47. The number of nitro groups is 1. The number of non-ortho nitro benzene ring substituents is 1. The molecule has 1 saturated heterocycles. The van der Waals surface area contributed by atoms with Gasteiger partial charge in [0.25, 0.3) is 5.69 Å². The van der Waals surface area contributed by atoms with Gasteiger partial charge in [-0.15, -0.1) is 0 Å². The summed E-state index contributed by atoms with van der Waals surface area (Å²) in [6, 6.07) is 8.77. The van der Waals surface area contributed by atoms with Gasteiger partial charge in [0, 0.05) is 25.2 Å². The van der Waals surface area contributed by atoms with Crippen LogP contribution in [0.4, 0.5) is 10.8 Å². The van der Waals surface area contributed by atoms with Crippen LogP contribution < -0.4 is 14.4 Å². The predicted octanol–water partition coefficient (Wildman–Crippen LogP) is 4.42. The van der Waals surface area contributed by atoms with E-state index in [4.69, 9.17) is 14.5 Å². The van der Waals surface area contributed by atoms with E-state index in [-0.39, 0.29) is 11.4 Å². The molecule has 150 valence electrons. The van der Waals surface area contributed by atoms with E-state index in [2.05, 4.69) is 4.90 Å². The first kappa shape index (κ1) is 19.1. The molecular formula is C20H19N3O5S. The van der Waals surface area contributed by atoms with Gasteiger partial charge in [-0.25, -0.2) is 9.78 Å². The van der Waals surface area contributed by atoms with Gasteiger partial charge < -0.3 is 14.4 Å². The smallest absolute Gasteiger partial charge is 0.345 e. The van der Waals surface area contributed by atoms with Crippen LogP contribution in [0.2, 0.25) is 0 Å². The third-order valence-corrected chi connectivity index (χ3v) is 5.97. The zero-order chi connectivity index (χ0) is 20.4. The summed E-state index contributed by atoms with van der Waals surface area (Å²) in [7, 11) is 1.57. The Morgan fingerprint density at radius 3 is 2.52 bits per heavy atom. The number of esters is 1. The second-order valence-electron chi connectivity index (χ2n) is 6.68. The molecule has 1 aliphatic heterocycles. The highest BCUT2D eigenvalue weighted by Gasteiger charge is 2.22. The maximum Gasteiger partial charge on any atom is 0.345 e. The fraction of sp³-hybridized carbons (Fsp3) is 0.300. The van der Waals surface area contributed by atoms with Crippen LogP contribution >= 0.6 is 11.3 Å². The van der Waals surface area contributed by atoms with Crippen molar-refractivity contribution in [3.05, 3.63) is 52.1 Å². The normalized spacial score (nSPS) is 14.0. The molecule has 0 atom stereocenters. The highest BCUT2D eigenvalue weighted by atomic mass is 32.1. The quantitative estimate of drug-likeness (QED) is 0.264. The minimum atomic E-state index is -0.541. The van der Waals surface area contributed by atoms with Crippen molar-refractivity contribution in [2.75, 3.05) is 25.1 Å². The van der Waals surface area contributed by atoms with E-state index in [1.807, 2.05) is 0 Å². The molecule has 1 aromatic heterocycles. The summed E-state index contributed by atoms with van der Waals surface area (Å²) in [5.74, 6) is 0.303. The SMILES string of the molecule is COc1ccc(C(=O)Oc2ccc([N+](=O)[O-])cc2)c2sc(N3CCCCC3)nc12. The molecule has 0 unspecified atom stereocenters. The second-order valence-corrected chi connectivity index (χ2v) is 7.66. The zero-order valence-electron chi connectivity index (χ0n) is 15.8. The fourth-order valence-electron chi connectivity index (χ4n) is 3.32. The van der Waals surface area contributed by atoms with Crippen molar-refractivity contribution < 1.29 is 19.2 Å². The van der Waals surface area contributed by atoms with E-state index in [1.54, 1.807) is 19.2 Å². The number of carbonyl (C=O) groups excluding carboxylic acids is 1. The molecule has 2 heterocycles. The Morgan fingerprint density at radius 2 is 1.86 bits per heavy atom. The fourth-order valence-corrected chi connectivity index (χ4v) is 4.45. The van der Waals surface area contributed by atoms with Crippen molar-refractivity contribution in [3.63, 3.8) is 0 Å². The largest absolute Gasteiger partial charge is 0.494 e. The maximum atomic E-state index is 12.8. The molecule has 0 spiro atoms. The number of aromatic nitrogens is 1. The Hall–Kier alpha value is -3.20. The minimum absolute atomic E-state index is 0.0646. The van der Waals surface area contributed by atoms with E-state index in [0.717, 1.165) is 31.1 Å². The lowest BCUT2D eigenvalue weighted by molar-refractivity contribution is -0.384. The number of anilines is 1. The van der Waals surface area contributed by atoms with Gasteiger partial charge in [0.1, 0.15) is 17.0 Å². The van der Waals surface area contributed by atoms with E-state index in [0.29, 0.717) is 21.5 Å². The Kier molecular flexibility index (Phi) is 5.30. The second kappa shape index (κ2) is 8.04. The van der Waals surface area contributed by atoms with Gasteiger partial charge in [-0.3, -0.25) is 10.1 Å². The third kappa shape index (κ3) is 3.86. The van der Waals surface area contributed by atoms with Crippen molar-refractivity contribution in [1.82, 2.24) is 4.98 Å². The predicted molar refractivity (Wildman–Crippen MR) is 110 cm³/mol. The third-order valence-electron chi connectivity index (χ3n) is 4.82. The lowest BCUT2D eigenvalue weighted by Crippen LogP contribution is -2.29. The van der Waals surface area contributed by atoms with E-state index < -0.39 is 10.9 Å². The zero-order valence-corrected chi connectivity index (χ0v) is 16.6. The van der Waals surface area contributed by atoms with Crippen LogP contribution in [-0.2, 0) is 0 Å². The van der Waals surface area contributed by atoms with Gasteiger partial charge >= 0.3 is 5.97 Å². The van der Waals surface area contributed by atoms with Crippen LogP contribution in [0.5, 0.6) is 11.5 Å². The molecule has 0 bridgehead atoms. The van der Waals surface area contributed by atoms with Crippen molar-refractivity contribution >= 4 is 38.3 Å². The molecule has 9 heteroatoms. The number of thiazole rings is 1. The first-order chi connectivity index (χ1) is 14.1. The lowest BCUT2D eigenvalue weighted by Gasteiger charge is -2.25. The van der Waals surface area contributed by atoms with Crippen molar-refractivity contribution in [2.24, 2.45) is 0 Å². The van der Waals surface area contributed by atoms with E-state index in [1.165, 1.54) is 42.0 Å². The van der Waals surface area contributed by atoms with Gasteiger partial charge in [0.05, 0.1) is 22.3 Å². The Bertz CT molecular complexity index is 1060. The number of ether oxygens (including phenoxy) is 2. The van der Waals surface area contributed by atoms with Gasteiger partial charge in [-0.2, -0.15) is 0 Å². The number of methoxy groups -OCH3 is 1. The molecule has 3 aromatic rings. The van der Waals surface area contributed by atoms with E-state index in [9.17, 15) is 14.9 Å². The topological polar surface area (TPSA) is 94.8 Å². The average Bonchev–Trinajstić information content (AvgIpc) is 3.19. The number of fused-ring (bicyclic) bond motifs is 1. The Balaban J connectivity index is 1.66. The Morgan fingerprint density at radius 1 is 1.14 bits per heavy atom. The molecule has 0 radical (unpaired) electrons. The Labute approximate surface area is 170 Å². The van der Waals surface area contributed by atoms with Crippen LogP contribution in [0.1, 0.15) is 29.6 Å². The summed E-state index contributed by atoms with van der Waals surface area (Å²) in [5, 5.41) is 11.6. The molecule has 0 aliphatic carbocycles. The molecule has 8 nitrogen and oxygen atoms in total. The van der Waals surface area contributed by atoms with Gasteiger partial charge in [0.15, 0.2) is 5.13 Å². The van der Waals surface area contributed by atoms with E-state index >= 15 is 0 Å². The minimum Gasteiger partial charge on any atom is -0.494 e. The first-order valence-corrected chi connectivity index (χ1v) is 10.1. The molecular weight excluding hydrogens is 394 g/mol. The first-order valence-electron chi connectivity index (χ1n) is 9.26. The molecule has 4 rings (SSSR count). The molecule has 0 amide bonds. The van der Waals surface area contributed by atoms with Crippen LogP contribution in [-0.4, -0.2) is 36.1 Å². The highest BCUT2D eigenvalue weighted by Crippen LogP contribution is 2.37. The summed E-state index contributed by atoms with van der Waals surface area (Å²) in [6.45, 7) is 1.90. The average molecular weight is 413 g/mol. The lowest BCUT2D eigenvalue weighted by atomic mass is 10.1. The maximum absolute atomic E-state index is 12.8. The number of nitrogens with zero attached hydrogens (tertiary/aromatic N) is 3. The number of hydrogen-bond donors (Lipinski definition) is 0. The summed E-state index contributed by atoms with van der Waals surface area (Å²) >= 11 is 1.45. The van der Waals surface area contributed by atoms with Crippen molar-refractivity contribution in [2.45, 2.75) is 19.3 Å². The van der Waals surface area contributed by atoms with Crippen molar-refractivity contribution in [1.29, 1.82) is 0 Å². The molecule has 1 fully saturated rings. The number of benzene rings is 2. The number of carbonyl (C=O) groups is 1. The summed E-state index contributed by atoms with van der Waals surface area (Å²) in [4.78, 5) is 30.0. The molecule has 1 aliphatic rings. The molecule has 0 saturated carbocycles.